The van der Waals surface area contributed by atoms with Crippen LogP contribution in [0.3, 0.4) is 0 Å². The van der Waals surface area contributed by atoms with Gasteiger partial charge in [0.15, 0.2) is 12.4 Å². The number of para-hydroxylation sites is 1. The van der Waals surface area contributed by atoms with Gasteiger partial charge in [0.05, 0.1) is 0 Å². The van der Waals surface area contributed by atoms with Crippen LogP contribution in [-0.2, 0) is 20.9 Å². The fraction of sp³-hybridized carbons (Fsp3) is 0.286. The molecule has 2 aromatic rings. The lowest BCUT2D eigenvalue weighted by atomic mass is 10.2. The van der Waals surface area contributed by atoms with Crippen molar-refractivity contribution < 1.29 is 14.3 Å². The Kier molecular flexibility index (Phi) is 3.46. The standard InChI is InChI=1S/C14H15NO3/c1-10-7-12-5-3-4-6-13(12)15(10)8-14(17)18-11(2)9-16/h3-7,9,11H,8H2,1-2H3. The van der Waals surface area contributed by atoms with Crippen molar-refractivity contribution in [1.29, 1.82) is 0 Å². The lowest BCUT2D eigenvalue weighted by Crippen LogP contribution is -2.20. The summed E-state index contributed by atoms with van der Waals surface area (Å²) in [4.78, 5) is 22.1. The third-order valence-corrected chi connectivity index (χ3v) is 2.81. The molecular formula is C14H15NO3. The zero-order chi connectivity index (χ0) is 13.1. The first kappa shape index (κ1) is 12.4. The first-order valence-electron chi connectivity index (χ1n) is 5.81. The van der Waals surface area contributed by atoms with E-state index >= 15 is 0 Å². The highest BCUT2D eigenvalue weighted by Crippen LogP contribution is 2.19. The van der Waals surface area contributed by atoms with Crippen molar-refractivity contribution in [2.45, 2.75) is 26.5 Å². The van der Waals surface area contributed by atoms with Gasteiger partial charge >= 0.3 is 5.97 Å². The van der Waals surface area contributed by atoms with E-state index in [-0.39, 0.29) is 6.54 Å². The van der Waals surface area contributed by atoms with E-state index in [1.165, 1.54) is 0 Å². The van der Waals surface area contributed by atoms with Gasteiger partial charge in [-0.05, 0) is 31.4 Å². The second-order valence-electron chi connectivity index (χ2n) is 4.26. The van der Waals surface area contributed by atoms with E-state index in [0.29, 0.717) is 6.29 Å². The highest BCUT2D eigenvalue weighted by atomic mass is 16.5. The van der Waals surface area contributed by atoms with Crippen molar-refractivity contribution in [2.75, 3.05) is 0 Å². The monoisotopic (exact) mass is 245 g/mol. The summed E-state index contributed by atoms with van der Waals surface area (Å²) in [5, 5.41) is 1.09. The summed E-state index contributed by atoms with van der Waals surface area (Å²) < 4.78 is 6.83. The fourth-order valence-corrected chi connectivity index (χ4v) is 1.96. The maximum atomic E-state index is 11.7. The Bertz CT molecular complexity index is 586. The summed E-state index contributed by atoms with van der Waals surface area (Å²) in [5.74, 6) is -0.404. The summed E-state index contributed by atoms with van der Waals surface area (Å²) in [5.41, 5.74) is 1.98. The Morgan fingerprint density at radius 3 is 2.89 bits per heavy atom. The van der Waals surface area contributed by atoms with E-state index in [4.69, 9.17) is 4.74 Å². The Hall–Kier alpha value is -2.10. The number of aldehydes is 1. The topological polar surface area (TPSA) is 48.3 Å². The number of nitrogens with zero attached hydrogens (tertiary/aromatic N) is 1. The molecule has 0 radical (unpaired) electrons. The summed E-state index contributed by atoms with van der Waals surface area (Å²) in [7, 11) is 0. The van der Waals surface area contributed by atoms with Gasteiger partial charge in [-0.15, -0.1) is 0 Å². The van der Waals surface area contributed by atoms with Crippen LogP contribution in [0.25, 0.3) is 10.9 Å². The zero-order valence-electron chi connectivity index (χ0n) is 10.4. The number of esters is 1. The largest absolute Gasteiger partial charge is 0.454 e. The van der Waals surface area contributed by atoms with Crippen molar-refractivity contribution >= 4 is 23.2 Å². The molecule has 0 spiro atoms. The summed E-state index contributed by atoms with van der Waals surface area (Å²) in [6, 6.07) is 9.86. The van der Waals surface area contributed by atoms with Gasteiger partial charge in [-0.25, -0.2) is 0 Å². The molecule has 1 atom stereocenters. The maximum absolute atomic E-state index is 11.7. The Morgan fingerprint density at radius 1 is 1.44 bits per heavy atom. The molecule has 0 aliphatic carbocycles. The van der Waals surface area contributed by atoms with Crippen LogP contribution in [0.1, 0.15) is 12.6 Å². The minimum absolute atomic E-state index is 0.123. The third-order valence-electron chi connectivity index (χ3n) is 2.81. The number of hydrogen-bond acceptors (Lipinski definition) is 3. The molecule has 0 N–H and O–H groups in total. The molecule has 0 aliphatic rings. The molecule has 18 heavy (non-hydrogen) atoms. The molecule has 1 aromatic heterocycles. The van der Waals surface area contributed by atoms with Crippen LogP contribution < -0.4 is 0 Å². The third kappa shape index (κ3) is 2.42. The van der Waals surface area contributed by atoms with Gasteiger partial charge in [0.2, 0.25) is 0 Å². The van der Waals surface area contributed by atoms with Crippen LogP contribution in [0.4, 0.5) is 0 Å². The summed E-state index contributed by atoms with van der Waals surface area (Å²) in [6.07, 6.45) is -0.0851. The highest BCUT2D eigenvalue weighted by Gasteiger charge is 2.12. The lowest BCUT2D eigenvalue weighted by molar-refractivity contribution is -0.151. The van der Waals surface area contributed by atoms with Crippen molar-refractivity contribution in [1.82, 2.24) is 4.57 Å². The van der Waals surface area contributed by atoms with Crippen LogP contribution >= 0.6 is 0 Å². The number of aromatic nitrogens is 1. The van der Waals surface area contributed by atoms with Crippen LogP contribution in [-0.4, -0.2) is 22.9 Å². The number of carbonyl (C=O) groups is 2. The second-order valence-corrected chi connectivity index (χ2v) is 4.26. The molecule has 4 nitrogen and oxygen atoms in total. The van der Waals surface area contributed by atoms with E-state index in [1.807, 2.05) is 41.8 Å². The fourth-order valence-electron chi connectivity index (χ4n) is 1.96. The molecule has 4 heteroatoms. The quantitative estimate of drug-likeness (QED) is 0.612. The van der Waals surface area contributed by atoms with Crippen molar-refractivity contribution in [3.63, 3.8) is 0 Å². The number of ether oxygens (including phenoxy) is 1. The van der Waals surface area contributed by atoms with Crippen molar-refractivity contribution in [3.8, 4) is 0 Å². The van der Waals surface area contributed by atoms with Gasteiger partial charge in [0.1, 0.15) is 6.54 Å². The normalized spacial score (nSPS) is 12.3. The predicted octanol–water partition coefficient (Wildman–Crippen LogP) is 2.08. The van der Waals surface area contributed by atoms with Crippen LogP contribution in [0.2, 0.25) is 0 Å². The van der Waals surface area contributed by atoms with Gasteiger partial charge in [0, 0.05) is 11.2 Å². The molecule has 0 saturated heterocycles. The average molecular weight is 245 g/mol. The second kappa shape index (κ2) is 5.04. The number of carbonyl (C=O) groups excluding carboxylic acids is 2. The smallest absolute Gasteiger partial charge is 0.326 e. The SMILES string of the molecule is Cc1cc2ccccc2n1CC(=O)OC(C)C=O. The van der Waals surface area contributed by atoms with Gasteiger partial charge in [-0.1, -0.05) is 18.2 Å². The van der Waals surface area contributed by atoms with Crippen LogP contribution in [0.5, 0.6) is 0 Å². The van der Waals surface area contributed by atoms with Gasteiger partial charge in [-0.2, -0.15) is 0 Å². The van der Waals surface area contributed by atoms with Crippen LogP contribution in [0.15, 0.2) is 30.3 Å². The van der Waals surface area contributed by atoms with Gasteiger partial charge in [0.25, 0.3) is 0 Å². The van der Waals surface area contributed by atoms with Crippen LogP contribution in [0, 0.1) is 6.92 Å². The molecule has 1 aromatic carbocycles. The highest BCUT2D eigenvalue weighted by molar-refractivity contribution is 5.83. The van der Waals surface area contributed by atoms with E-state index < -0.39 is 12.1 Å². The zero-order valence-corrected chi connectivity index (χ0v) is 10.4. The minimum Gasteiger partial charge on any atom is -0.454 e. The van der Waals surface area contributed by atoms with E-state index in [1.54, 1.807) is 6.92 Å². The van der Waals surface area contributed by atoms with Crippen molar-refractivity contribution in [2.24, 2.45) is 0 Å². The van der Waals surface area contributed by atoms with E-state index in [9.17, 15) is 9.59 Å². The summed E-state index contributed by atoms with van der Waals surface area (Å²) >= 11 is 0. The maximum Gasteiger partial charge on any atom is 0.326 e. The number of benzene rings is 1. The Labute approximate surface area is 105 Å². The molecule has 0 fully saturated rings. The average Bonchev–Trinajstić information content (AvgIpc) is 2.66. The molecule has 0 amide bonds. The molecule has 1 unspecified atom stereocenters. The van der Waals surface area contributed by atoms with Gasteiger partial charge < -0.3 is 9.30 Å². The van der Waals surface area contributed by atoms with E-state index in [0.717, 1.165) is 16.6 Å². The molecule has 0 saturated carbocycles. The lowest BCUT2D eigenvalue weighted by Gasteiger charge is -2.10. The van der Waals surface area contributed by atoms with E-state index in [2.05, 4.69) is 0 Å². The predicted molar refractivity (Wildman–Crippen MR) is 68.3 cm³/mol. The Morgan fingerprint density at radius 2 is 2.17 bits per heavy atom. The minimum atomic E-state index is -0.695. The molecule has 0 bridgehead atoms. The molecule has 0 aliphatic heterocycles. The number of fused-ring (bicyclic) bond motifs is 1. The number of rotatable bonds is 4. The molecule has 2 rings (SSSR count). The summed E-state index contributed by atoms with van der Waals surface area (Å²) in [6.45, 7) is 3.61. The van der Waals surface area contributed by atoms with Gasteiger partial charge in [-0.3, -0.25) is 9.59 Å². The Balaban J connectivity index is 2.23. The number of aryl methyl sites for hydroxylation is 1. The molecular weight excluding hydrogens is 230 g/mol. The molecule has 1 heterocycles. The molecule has 94 valence electrons. The van der Waals surface area contributed by atoms with Crippen molar-refractivity contribution in [3.05, 3.63) is 36.0 Å². The first-order valence-corrected chi connectivity index (χ1v) is 5.81. The first-order chi connectivity index (χ1) is 8.61. The number of hydrogen-bond donors (Lipinski definition) is 0.